The van der Waals surface area contributed by atoms with Crippen molar-refractivity contribution in [3.05, 3.63) is 48.5 Å². The number of amides is 2. The fraction of sp³-hybridized carbons (Fsp3) is 0. The van der Waals surface area contributed by atoms with Gasteiger partial charge in [-0.3, -0.25) is 18.2 Å². The Morgan fingerprint density at radius 3 is 1.10 bits per heavy atom. The van der Waals surface area contributed by atoms with Crippen molar-refractivity contribution in [1.82, 2.24) is 0 Å². The molecule has 0 saturated carbocycles. The number of hydrogen-bond donors (Lipinski definition) is 6. The van der Waals surface area contributed by atoms with Crippen LogP contribution in [0.1, 0.15) is 0 Å². The van der Waals surface area contributed by atoms with Crippen LogP contribution in [0, 0.1) is 0 Å². The number of fused-ring (bicyclic) bond motifs is 2. The predicted molar refractivity (Wildman–Crippen MR) is 156 cm³/mol. The van der Waals surface area contributed by atoms with E-state index in [0.717, 1.165) is 0 Å². The van der Waals surface area contributed by atoms with E-state index in [1.54, 1.807) is 0 Å². The van der Waals surface area contributed by atoms with Crippen LogP contribution in [-0.4, -0.2) is 83.9 Å². The molecule has 0 atom stereocenters. The Morgan fingerprint density at radius 1 is 0.460 bits per heavy atom. The second kappa shape index (κ2) is 14.5. The van der Waals surface area contributed by atoms with Crippen LogP contribution < -0.4 is 69.7 Å². The van der Waals surface area contributed by atoms with E-state index in [1.165, 1.54) is 0 Å². The first-order chi connectivity index (χ1) is 21.5. The third-order valence-corrected chi connectivity index (χ3v) is 11.2. The topological polar surface area (TPSA) is 373 Å². The van der Waals surface area contributed by atoms with Gasteiger partial charge in [0.1, 0.15) is 25.1 Å². The van der Waals surface area contributed by atoms with Gasteiger partial charge in [-0.25, -0.2) is 21.6 Å². The molecular weight excluding hydrogens is 823 g/mol. The molecule has 6 N–H and O–H groups in total. The Labute approximate surface area is 326 Å². The molecular formula is C21H14N2Na2O19S6. The summed E-state index contributed by atoms with van der Waals surface area (Å²) in [5.41, 5.74) is -1.99. The summed E-state index contributed by atoms with van der Waals surface area (Å²) < 4.78 is 205. The monoisotopic (exact) mass is 836 g/mol. The first kappa shape index (κ1) is 44.3. The van der Waals surface area contributed by atoms with Crippen molar-refractivity contribution in [2.24, 2.45) is 0 Å². The molecule has 4 aromatic rings. The van der Waals surface area contributed by atoms with Crippen molar-refractivity contribution in [1.29, 1.82) is 0 Å². The third-order valence-electron chi connectivity index (χ3n) is 6.15. The van der Waals surface area contributed by atoms with Crippen LogP contribution in [0.2, 0.25) is 0 Å². The first-order valence-corrected chi connectivity index (χ1v) is 20.2. The summed E-state index contributed by atoms with van der Waals surface area (Å²) in [6.45, 7) is 0. The van der Waals surface area contributed by atoms with Gasteiger partial charge >= 0.3 is 65.1 Å². The Bertz CT molecular complexity index is 2590. The minimum atomic E-state index is -5.76. The minimum absolute atomic E-state index is 0. The quantitative estimate of drug-likeness (QED) is 0.0712. The van der Waals surface area contributed by atoms with E-state index in [2.05, 4.69) is 0 Å². The molecule has 260 valence electrons. The fourth-order valence-electron chi connectivity index (χ4n) is 4.31. The normalized spacial score (nSPS) is 12.9. The average Bonchev–Trinajstić information content (AvgIpc) is 2.88. The van der Waals surface area contributed by atoms with Crippen molar-refractivity contribution in [3.63, 3.8) is 0 Å². The number of carbonyl (C=O) groups excluding carboxylic acids is 1. The minimum Gasteiger partial charge on any atom is -0.744 e. The van der Waals surface area contributed by atoms with Crippen LogP contribution in [-0.2, 0) is 60.7 Å². The van der Waals surface area contributed by atoms with Gasteiger partial charge in [0.15, 0.2) is 0 Å². The maximum Gasteiger partial charge on any atom is 1.00 e. The molecule has 0 heterocycles. The smallest absolute Gasteiger partial charge is 0.744 e. The molecule has 0 fully saturated rings. The van der Waals surface area contributed by atoms with Crippen LogP contribution in [0.15, 0.2) is 77.9 Å². The van der Waals surface area contributed by atoms with E-state index in [1.807, 2.05) is 10.6 Å². The Morgan fingerprint density at radius 2 is 0.780 bits per heavy atom. The Hall–Kier alpha value is -1.87. The van der Waals surface area contributed by atoms with Crippen LogP contribution in [0.25, 0.3) is 21.5 Å². The zero-order valence-electron chi connectivity index (χ0n) is 24.5. The molecule has 0 aliphatic rings. The van der Waals surface area contributed by atoms with E-state index >= 15 is 0 Å². The molecule has 29 heteroatoms. The van der Waals surface area contributed by atoms with Gasteiger partial charge in [0.25, 0.3) is 40.5 Å². The molecule has 2 amide bonds. The van der Waals surface area contributed by atoms with Gasteiger partial charge in [0.2, 0.25) is 0 Å². The fourth-order valence-corrected chi connectivity index (χ4v) is 8.13. The van der Waals surface area contributed by atoms with Gasteiger partial charge < -0.3 is 19.7 Å². The standard InChI is InChI=1S/C21H16N2O19S6.2Na/c24-21(22-15-5-11(43(25,26)27)1-9-3-13(45(31,32)33)7-17(19(9)15)47(37,38)39)23-16-6-12(44(28,29)30)2-10-4-14(46(34,35)36)8-18(20(10)16)48(40,41)42;;/h1-8H,(H2,22,23,24)(H,25,26,27)(H,28,29,30)(H,31,32,33)(H,34,35,36)(H,37,38,39)(H,40,41,42);;/q;2*+1/p-2. The van der Waals surface area contributed by atoms with E-state index in [0.29, 0.717) is 36.4 Å². The summed E-state index contributed by atoms with van der Waals surface area (Å²) in [5.74, 6) is 0. The van der Waals surface area contributed by atoms with E-state index in [4.69, 9.17) is 0 Å². The van der Waals surface area contributed by atoms with Crippen molar-refractivity contribution in [2.75, 3.05) is 10.6 Å². The van der Waals surface area contributed by atoms with E-state index in [-0.39, 0.29) is 71.2 Å². The average molecular weight is 837 g/mol. The van der Waals surface area contributed by atoms with Crippen LogP contribution in [0.4, 0.5) is 16.2 Å². The molecule has 0 saturated heterocycles. The number of carbonyl (C=O) groups is 1. The maximum absolute atomic E-state index is 13.2. The summed E-state index contributed by atoms with van der Waals surface area (Å²) in [5, 5.41) is 0.245. The van der Waals surface area contributed by atoms with Crippen LogP contribution in [0.3, 0.4) is 0 Å². The van der Waals surface area contributed by atoms with Gasteiger partial charge in [-0.1, -0.05) is 0 Å². The summed E-state index contributed by atoms with van der Waals surface area (Å²) in [7, 11) is -32.6. The molecule has 0 aromatic heterocycles. The molecule has 0 aliphatic heterocycles. The predicted octanol–water partition coefficient (Wildman–Crippen LogP) is -5.56. The summed E-state index contributed by atoms with van der Waals surface area (Å²) in [4.78, 5) is 5.43. The third kappa shape index (κ3) is 9.76. The zero-order chi connectivity index (χ0) is 36.6. The van der Waals surface area contributed by atoms with Crippen molar-refractivity contribution in [2.45, 2.75) is 29.4 Å². The van der Waals surface area contributed by atoms with E-state index in [9.17, 15) is 82.6 Å². The van der Waals surface area contributed by atoms with Crippen LogP contribution in [0.5, 0.6) is 0 Å². The van der Waals surface area contributed by atoms with Gasteiger partial charge in [0.05, 0.1) is 35.9 Å². The molecule has 4 rings (SSSR count). The Kier molecular flexibility index (Phi) is 12.9. The maximum atomic E-state index is 13.2. The number of benzene rings is 4. The summed E-state index contributed by atoms with van der Waals surface area (Å²) in [6, 6.07) is 1.05. The van der Waals surface area contributed by atoms with Gasteiger partial charge in [-0.15, -0.1) is 0 Å². The van der Waals surface area contributed by atoms with Crippen molar-refractivity contribution in [3.8, 4) is 0 Å². The molecule has 0 bridgehead atoms. The number of anilines is 2. The number of rotatable bonds is 8. The molecule has 0 aliphatic carbocycles. The second-order valence-corrected chi connectivity index (χ2v) is 17.8. The summed E-state index contributed by atoms with van der Waals surface area (Å²) >= 11 is 0. The summed E-state index contributed by atoms with van der Waals surface area (Å²) in [6.07, 6.45) is 0. The van der Waals surface area contributed by atoms with Crippen LogP contribution >= 0.6 is 0 Å². The van der Waals surface area contributed by atoms with Crippen molar-refractivity contribution >= 4 is 99.7 Å². The first-order valence-electron chi connectivity index (χ1n) is 11.6. The van der Waals surface area contributed by atoms with Gasteiger partial charge in [0, 0.05) is 10.8 Å². The largest absolute Gasteiger partial charge is 1.00 e. The van der Waals surface area contributed by atoms with Gasteiger partial charge in [-0.2, -0.15) is 33.7 Å². The number of nitrogens with one attached hydrogen (secondary N) is 2. The molecule has 0 radical (unpaired) electrons. The SMILES string of the molecule is O=C(Nc1cc(S(=O)(=O)O)cc2cc(S(=O)(=O)[O-])cc(S(=O)(=O)[O-])c12)Nc1cc(S(=O)(=O)O)cc2cc(S(=O)(=O)O)cc(S(=O)(=O)O)c12.[Na+].[Na+]. The Balaban J connectivity index is 0.00000433. The number of urea groups is 1. The number of hydrogen-bond acceptors (Lipinski definition) is 15. The molecule has 4 aromatic carbocycles. The van der Waals surface area contributed by atoms with Crippen molar-refractivity contribution < 1.29 is 142 Å². The molecule has 0 unspecified atom stereocenters. The van der Waals surface area contributed by atoms with Gasteiger partial charge in [-0.05, 0) is 59.3 Å². The molecule has 50 heavy (non-hydrogen) atoms. The molecule has 21 nitrogen and oxygen atoms in total. The zero-order valence-corrected chi connectivity index (χ0v) is 33.4. The van der Waals surface area contributed by atoms with E-state index < -0.39 is 129 Å². The second-order valence-electron chi connectivity index (χ2n) is 9.37. The molecule has 0 spiro atoms.